The first-order valence-corrected chi connectivity index (χ1v) is 12.3. The van der Waals surface area contributed by atoms with E-state index in [0.29, 0.717) is 24.4 Å². The van der Waals surface area contributed by atoms with Gasteiger partial charge in [0.2, 0.25) is 5.91 Å². The number of aryl methyl sites for hydroxylation is 1. The molecule has 178 valence electrons. The van der Waals surface area contributed by atoms with Crippen LogP contribution < -0.4 is 5.32 Å². The maximum atomic E-state index is 13.8. The van der Waals surface area contributed by atoms with Crippen LogP contribution in [0.2, 0.25) is 0 Å². The van der Waals surface area contributed by atoms with Crippen molar-refractivity contribution in [1.82, 2.24) is 14.7 Å². The van der Waals surface area contributed by atoms with Crippen LogP contribution in [0.1, 0.15) is 32.8 Å². The minimum atomic E-state index is -0.560. The largest absolute Gasteiger partial charge is 0.383 e. The van der Waals surface area contributed by atoms with E-state index in [0.717, 1.165) is 21.7 Å². The molecule has 0 fully saturated rings. The van der Waals surface area contributed by atoms with E-state index in [1.165, 1.54) is 0 Å². The summed E-state index contributed by atoms with van der Waals surface area (Å²) in [7, 11) is 3.49. The van der Waals surface area contributed by atoms with Gasteiger partial charge in [-0.1, -0.05) is 36.4 Å². The lowest BCUT2D eigenvalue weighted by molar-refractivity contribution is -0.119. The van der Waals surface area contributed by atoms with Crippen LogP contribution in [-0.4, -0.2) is 46.8 Å². The van der Waals surface area contributed by atoms with Gasteiger partial charge in [-0.2, -0.15) is 5.10 Å². The molecule has 0 saturated carbocycles. The van der Waals surface area contributed by atoms with Gasteiger partial charge in [0.15, 0.2) is 0 Å². The smallest absolute Gasteiger partial charge is 0.254 e. The molecule has 5 rings (SSSR count). The molecule has 0 bridgehead atoms. The lowest BCUT2D eigenvalue weighted by Gasteiger charge is -2.41. The molecule has 1 aliphatic rings. The summed E-state index contributed by atoms with van der Waals surface area (Å²) in [6.07, 6.45) is 1.90. The lowest BCUT2D eigenvalue weighted by Crippen LogP contribution is -2.47. The number of amides is 2. The SMILES string of the molecule is COCCN1C(=O)c2ccccc2C(C(=O)Nc2ccc(-c3ccn(C)n3)cc2)C1c1cccs1. The number of aromatic nitrogens is 2. The van der Waals surface area contributed by atoms with Crippen LogP contribution in [-0.2, 0) is 16.6 Å². The Morgan fingerprint density at radius 1 is 1.09 bits per heavy atom. The van der Waals surface area contributed by atoms with Crippen LogP contribution in [0.5, 0.6) is 0 Å². The normalized spacial score (nSPS) is 17.3. The fourth-order valence-electron chi connectivity index (χ4n) is 4.60. The van der Waals surface area contributed by atoms with E-state index >= 15 is 0 Å². The predicted octanol–water partition coefficient (Wildman–Crippen LogP) is 4.71. The van der Waals surface area contributed by atoms with Crippen molar-refractivity contribution in [2.75, 3.05) is 25.6 Å². The number of carbonyl (C=O) groups excluding carboxylic acids is 2. The standard InChI is InChI=1S/C27H26N4O3S/c1-30-14-13-22(29-30)18-9-11-19(12-10-18)28-26(32)24-20-6-3-4-7-21(20)27(33)31(15-16-34-2)25(24)23-8-5-17-35-23/h3-14,17,24-25H,15-16H2,1-2H3,(H,28,32). The Balaban J connectivity index is 1.49. The van der Waals surface area contributed by atoms with E-state index in [2.05, 4.69) is 10.4 Å². The number of benzene rings is 2. The molecule has 2 aromatic carbocycles. The van der Waals surface area contributed by atoms with Crippen molar-refractivity contribution in [3.8, 4) is 11.3 Å². The molecule has 1 N–H and O–H groups in total. The third kappa shape index (κ3) is 4.50. The molecule has 4 aromatic rings. The predicted molar refractivity (Wildman–Crippen MR) is 136 cm³/mol. The molecule has 0 spiro atoms. The third-order valence-electron chi connectivity index (χ3n) is 6.25. The van der Waals surface area contributed by atoms with Gasteiger partial charge in [0.1, 0.15) is 0 Å². The summed E-state index contributed by atoms with van der Waals surface area (Å²) in [5, 5.41) is 9.49. The summed E-state index contributed by atoms with van der Waals surface area (Å²) >= 11 is 1.55. The highest BCUT2D eigenvalue weighted by Gasteiger charge is 2.44. The van der Waals surface area contributed by atoms with E-state index in [4.69, 9.17) is 4.74 Å². The minimum absolute atomic E-state index is 0.0835. The number of fused-ring (bicyclic) bond motifs is 1. The molecule has 0 radical (unpaired) electrons. The van der Waals surface area contributed by atoms with Gasteiger partial charge in [-0.05, 0) is 41.3 Å². The van der Waals surface area contributed by atoms with Gasteiger partial charge in [0, 0.05) is 48.6 Å². The molecule has 2 aromatic heterocycles. The van der Waals surface area contributed by atoms with Crippen molar-refractivity contribution < 1.29 is 14.3 Å². The fourth-order valence-corrected chi connectivity index (χ4v) is 5.47. The van der Waals surface area contributed by atoms with Crippen LogP contribution in [0.15, 0.2) is 78.3 Å². The average molecular weight is 487 g/mol. The minimum Gasteiger partial charge on any atom is -0.383 e. The van der Waals surface area contributed by atoms with Crippen molar-refractivity contribution in [3.05, 3.63) is 94.3 Å². The molecule has 2 amide bonds. The fraction of sp³-hybridized carbons (Fsp3) is 0.222. The molecule has 35 heavy (non-hydrogen) atoms. The molecule has 8 heteroatoms. The number of rotatable bonds is 7. The summed E-state index contributed by atoms with van der Waals surface area (Å²) in [6.45, 7) is 0.786. The zero-order valence-corrected chi connectivity index (χ0v) is 20.4. The zero-order valence-electron chi connectivity index (χ0n) is 19.5. The van der Waals surface area contributed by atoms with E-state index in [1.54, 1.807) is 34.1 Å². The van der Waals surface area contributed by atoms with Crippen LogP contribution in [0, 0.1) is 0 Å². The average Bonchev–Trinajstić information content (AvgIpc) is 3.56. The Morgan fingerprint density at radius 3 is 2.57 bits per heavy atom. The molecule has 1 aliphatic heterocycles. The van der Waals surface area contributed by atoms with Crippen molar-refractivity contribution in [2.24, 2.45) is 7.05 Å². The summed E-state index contributed by atoms with van der Waals surface area (Å²) < 4.78 is 7.05. The van der Waals surface area contributed by atoms with Gasteiger partial charge in [-0.15, -0.1) is 11.3 Å². The monoisotopic (exact) mass is 486 g/mol. The highest BCUT2D eigenvalue weighted by Crippen LogP contribution is 2.44. The van der Waals surface area contributed by atoms with E-state index in [-0.39, 0.29) is 11.8 Å². The molecular weight excluding hydrogens is 460 g/mol. The number of hydrogen-bond donors (Lipinski definition) is 1. The third-order valence-corrected chi connectivity index (χ3v) is 7.20. The Bertz CT molecular complexity index is 1330. The number of nitrogens with zero attached hydrogens (tertiary/aromatic N) is 3. The van der Waals surface area contributed by atoms with Crippen LogP contribution >= 0.6 is 11.3 Å². The van der Waals surface area contributed by atoms with Gasteiger partial charge in [-0.25, -0.2) is 0 Å². The summed E-state index contributed by atoms with van der Waals surface area (Å²) in [4.78, 5) is 30.0. The highest BCUT2D eigenvalue weighted by molar-refractivity contribution is 7.10. The number of methoxy groups -OCH3 is 1. The highest BCUT2D eigenvalue weighted by atomic mass is 32.1. The van der Waals surface area contributed by atoms with Gasteiger partial charge >= 0.3 is 0 Å². The topological polar surface area (TPSA) is 76.5 Å². The molecule has 2 unspecified atom stereocenters. The first-order valence-electron chi connectivity index (χ1n) is 11.4. The molecule has 0 aliphatic carbocycles. The molecule has 7 nitrogen and oxygen atoms in total. The quantitative estimate of drug-likeness (QED) is 0.410. The van der Waals surface area contributed by atoms with Crippen LogP contribution in [0.3, 0.4) is 0 Å². The first kappa shape index (κ1) is 23.0. The summed E-state index contributed by atoms with van der Waals surface area (Å²) in [5.74, 6) is -0.800. The molecule has 2 atom stereocenters. The Kier molecular flexibility index (Phi) is 6.48. The number of hydrogen-bond acceptors (Lipinski definition) is 5. The second-order valence-electron chi connectivity index (χ2n) is 8.46. The van der Waals surface area contributed by atoms with Crippen LogP contribution in [0.4, 0.5) is 5.69 Å². The lowest BCUT2D eigenvalue weighted by atomic mass is 9.81. The zero-order chi connectivity index (χ0) is 24.4. The van der Waals surface area contributed by atoms with Crippen molar-refractivity contribution in [3.63, 3.8) is 0 Å². The second-order valence-corrected chi connectivity index (χ2v) is 9.44. The Labute approximate surface area is 208 Å². The van der Waals surface area contributed by atoms with Crippen molar-refractivity contribution in [1.29, 1.82) is 0 Å². The number of carbonyl (C=O) groups is 2. The Hall–Kier alpha value is -3.75. The number of anilines is 1. The first-order chi connectivity index (χ1) is 17.1. The van der Waals surface area contributed by atoms with Gasteiger partial charge in [0.25, 0.3) is 5.91 Å². The summed E-state index contributed by atoms with van der Waals surface area (Å²) in [5.41, 5.74) is 3.84. The van der Waals surface area contributed by atoms with E-state index < -0.39 is 12.0 Å². The number of ether oxygens (including phenoxy) is 1. The van der Waals surface area contributed by atoms with Crippen LogP contribution in [0.25, 0.3) is 11.3 Å². The molecular formula is C27H26N4O3S. The van der Waals surface area contributed by atoms with Crippen molar-refractivity contribution in [2.45, 2.75) is 12.0 Å². The van der Waals surface area contributed by atoms with Gasteiger partial charge in [-0.3, -0.25) is 14.3 Å². The molecule has 3 heterocycles. The number of thiophene rings is 1. The van der Waals surface area contributed by atoms with Gasteiger partial charge < -0.3 is 15.0 Å². The van der Waals surface area contributed by atoms with E-state index in [1.807, 2.05) is 79.3 Å². The second kappa shape index (κ2) is 9.85. The summed E-state index contributed by atoms with van der Waals surface area (Å²) in [6, 6.07) is 20.5. The Morgan fingerprint density at radius 2 is 1.89 bits per heavy atom. The van der Waals surface area contributed by atoms with Crippen molar-refractivity contribution >= 4 is 28.8 Å². The number of nitrogens with one attached hydrogen (secondary N) is 1. The van der Waals surface area contributed by atoms with Gasteiger partial charge in [0.05, 0.1) is 24.3 Å². The maximum absolute atomic E-state index is 13.8. The van der Waals surface area contributed by atoms with E-state index in [9.17, 15) is 9.59 Å². The maximum Gasteiger partial charge on any atom is 0.254 e. The molecule has 0 saturated heterocycles.